The number of amides is 3. The van der Waals surface area contributed by atoms with Crippen LogP contribution in [0.5, 0.6) is 0 Å². The number of nitrogens with one attached hydrogen (secondary N) is 3. The first kappa shape index (κ1) is 26.6. The smallest absolute Gasteiger partial charge is 0.280 e. The summed E-state index contributed by atoms with van der Waals surface area (Å²) in [6, 6.07) is 3.58. The van der Waals surface area contributed by atoms with E-state index < -0.39 is 23.8 Å². The minimum Gasteiger partial charge on any atom is -0.350 e. The second kappa shape index (κ2) is 10.6. The zero-order chi connectivity index (χ0) is 27.1. The number of likely N-dealkylation sites (N-methyl/N-ethyl adjacent to an activating group) is 1. The molecular weight excluding hydrogens is 531 g/mol. The van der Waals surface area contributed by atoms with E-state index in [-0.39, 0.29) is 33.8 Å². The molecule has 0 saturated heterocycles. The number of H-pyrrole nitrogens is 1. The molecule has 1 aliphatic heterocycles. The van der Waals surface area contributed by atoms with Crippen LogP contribution in [0, 0.1) is 11.7 Å². The van der Waals surface area contributed by atoms with Gasteiger partial charge in [0.05, 0.1) is 16.8 Å². The van der Waals surface area contributed by atoms with Crippen molar-refractivity contribution in [2.24, 2.45) is 5.92 Å². The Bertz CT molecular complexity index is 1410. The van der Waals surface area contributed by atoms with Crippen LogP contribution in [0.2, 0.25) is 5.02 Å². The van der Waals surface area contributed by atoms with Crippen LogP contribution in [-0.4, -0.2) is 77.3 Å². The SMILES string of the molecule is CN1CCc2nc(C(=O)NC3C[C@@H](C(=O)N(C)C)CC[C@@H]3NC(=O)c3cc4c(F)c(Cl)ccc4[nH]3)sc2C1. The van der Waals surface area contributed by atoms with Crippen LogP contribution in [0.1, 0.15) is 50.1 Å². The lowest BCUT2D eigenvalue weighted by molar-refractivity contribution is -0.134. The van der Waals surface area contributed by atoms with E-state index in [0.29, 0.717) is 29.8 Å². The van der Waals surface area contributed by atoms with E-state index in [2.05, 4.69) is 25.5 Å². The van der Waals surface area contributed by atoms with Crippen LogP contribution in [0.15, 0.2) is 18.2 Å². The van der Waals surface area contributed by atoms with Crippen LogP contribution in [0.25, 0.3) is 10.9 Å². The summed E-state index contributed by atoms with van der Waals surface area (Å²) in [6.07, 6.45) is 2.26. The summed E-state index contributed by atoms with van der Waals surface area (Å²) in [7, 11) is 5.46. The van der Waals surface area contributed by atoms with Crippen molar-refractivity contribution in [1.29, 1.82) is 0 Å². The number of hydrogen-bond donors (Lipinski definition) is 3. The molecule has 38 heavy (non-hydrogen) atoms. The van der Waals surface area contributed by atoms with Crippen molar-refractivity contribution in [3.8, 4) is 0 Å². The number of benzene rings is 1. The number of rotatable bonds is 5. The highest BCUT2D eigenvalue weighted by atomic mass is 35.5. The van der Waals surface area contributed by atoms with Gasteiger partial charge in [0.2, 0.25) is 5.91 Å². The third-order valence-corrected chi connectivity index (χ3v) is 8.70. The number of carbonyl (C=O) groups excluding carboxylic acids is 3. The van der Waals surface area contributed by atoms with Crippen LogP contribution in [0.4, 0.5) is 4.39 Å². The number of thiazole rings is 1. The van der Waals surface area contributed by atoms with E-state index in [1.165, 1.54) is 23.5 Å². The highest BCUT2D eigenvalue weighted by molar-refractivity contribution is 7.13. The maximum Gasteiger partial charge on any atom is 0.280 e. The van der Waals surface area contributed by atoms with E-state index in [1.54, 1.807) is 25.1 Å². The predicted molar refractivity (Wildman–Crippen MR) is 144 cm³/mol. The van der Waals surface area contributed by atoms with Gasteiger partial charge in [-0.1, -0.05) is 11.6 Å². The molecule has 0 bridgehead atoms. The topological polar surface area (TPSA) is 110 Å². The molecule has 1 fully saturated rings. The van der Waals surface area contributed by atoms with Crippen molar-refractivity contribution in [2.45, 2.75) is 44.3 Å². The van der Waals surface area contributed by atoms with Gasteiger partial charge in [0.25, 0.3) is 11.8 Å². The fraction of sp³-hybridized carbons (Fsp3) is 0.462. The van der Waals surface area contributed by atoms with Crippen molar-refractivity contribution in [2.75, 3.05) is 27.7 Å². The van der Waals surface area contributed by atoms with Crippen LogP contribution >= 0.6 is 22.9 Å². The fourth-order valence-corrected chi connectivity index (χ4v) is 6.51. The van der Waals surface area contributed by atoms with E-state index in [1.807, 2.05) is 7.05 Å². The number of fused-ring (bicyclic) bond motifs is 2. The molecule has 5 rings (SSSR count). The summed E-state index contributed by atoms with van der Waals surface area (Å²) < 4.78 is 14.4. The normalized spacial score (nSPS) is 21.7. The molecule has 1 aromatic carbocycles. The number of nitrogens with zero attached hydrogens (tertiary/aromatic N) is 3. The van der Waals surface area contributed by atoms with Crippen molar-refractivity contribution in [1.82, 2.24) is 30.4 Å². The van der Waals surface area contributed by atoms with Gasteiger partial charge in [-0.05, 0) is 44.5 Å². The quantitative estimate of drug-likeness (QED) is 0.444. The molecule has 2 aliphatic rings. The lowest BCUT2D eigenvalue weighted by atomic mass is 9.81. The van der Waals surface area contributed by atoms with Gasteiger partial charge in [-0.2, -0.15) is 0 Å². The van der Waals surface area contributed by atoms with Crippen molar-refractivity contribution < 1.29 is 18.8 Å². The van der Waals surface area contributed by atoms with Gasteiger partial charge in [-0.25, -0.2) is 9.37 Å². The molecule has 3 amide bonds. The molecule has 3 atom stereocenters. The van der Waals surface area contributed by atoms with Crippen molar-refractivity contribution >= 4 is 51.6 Å². The first-order valence-corrected chi connectivity index (χ1v) is 13.8. The Labute approximate surface area is 228 Å². The standard InChI is InChI=1S/C26H30ClFN6O3S/c1-33(2)26(37)13-4-6-17(30-23(35)20-11-14-16(29-20)7-5-15(27)22(14)28)19(10-13)31-24(36)25-32-18-8-9-34(3)12-21(18)38-25/h5,7,11,13,17,19,29H,4,6,8-10,12H2,1-3H3,(H,30,35)(H,31,36)/t13-,17-,19?/m0/s1. The highest BCUT2D eigenvalue weighted by Crippen LogP contribution is 2.29. The molecule has 1 saturated carbocycles. The fourth-order valence-electron chi connectivity index (χ4n) is 5.25. The number of halogens is 2. The molecule has 12 heteroatoms. The number of carbonyl (C=O) groups is 3. The average molecular weight is 561 g/mol. The molecule has 3 aromatic rings. The largest absolute Gasteiger partial charge is 0.350 e. The number of aromatic amines is 1. The third-order valence-electron chi connectivity index (χ3n) is 7.32. The average Bonchev–Trinajstić information content (AvgIpc) is 3.51. The Balaban J connectivity index is 1.35. The molecule has 0 radical (unpaired) electrons. The number of hydrogen-bond acceptors (Lipinski definition) is 6. The van der Waals surface area contributed by atoms with Gasteiger partial charge >= 0.3 is 0 Å². The first-order chi connectivity index (χ1) is 18.1. The van der Waals surface area contributed by atoms with Crippen LogP contribution in [0.3, 0.4) is 0 Å². The lowest BCUT2D eigenvalue weighted by Gasteiger charge is -2.37. The molecule has 0 spiro atoms. The molecule has 3 N–H and O–H groups in total. The summed E-state index contributed by atoms with van der Waals surface area (Å²) in [4.78, 5) is 51.5. The molecule has 202 valence electrons. The first-order valence-electron chi connectivity index (χ1n) is 12.6. The summed E-state index contributed by atoms with van der Waals surface area (Å²) in [6.45, 7) is 1.66. The van der Waals surface area contributed by atoms with Gasteiger partial charge in [0.15, 0.2) is 10.8 Å². The van der Waals surface area contributed by atoms with E-state index in [4.69, 9.17) is 11.6 Å². The zero-order valence-corrected chi connectivity index (χ0v) is 23.0. The van der Waals surface area contributed by atoms with Crippen molar-refractivity contribution in [3.63, 3.8) is 0 Å². The van der Waals surface area contributed by atoms with E-state index >= 15 is 0 Å². The predicted octanol–water partition coefficient (Wildman–Crippen LogP) is 3.19. The van der Waals surface area contributed by atoms with Gasteiger partial charge in [0.1, 0.15) is 5.69 Å². The van der Waals surface area contributed by atoms with Crippen LogP contribution in [-0.2, 0) is 17.8 Å². The van der Waals surface area contributed by atoms with Crippen molar-refractivity contribution in [3.05, 3.63) is 50.3 Å². The molecule has 9 nitrogen and oxygen atoms in total. The minimum absolute atomic E-state index is 0.00949. The highest BCUT2D eigenvalue weighted by Gasteiger charge is 2.37. The van der Waals surface area contributed by atoms with Gasteiger partial charge in [-0.3, -0.25) is 14.4 Å². The summed E-state index contributed by atoms with van der Waals surface area (Å²) >= 11 is 7.27. The lowest BCUT2D eigenvalue weighted by Crippen LogP contribution is -2.56. The molecular formula is C26H30ClFN6O3S. The Morgan fingerprint density at radius 3 is 2.71 bits per heavy atom. The summed E-state index contributed by atoms with van der Waals surface area (Å²) in [5.74, 6) is -1.61. The Morgan fingerprint density at radius 1 is 1.18 bits per heavy atom. The maximum atomic E-state index is 14.4. The second-order valence-corrected chi connectivity index (χ2v) is 11.8. The Morgan fingerprint density at radius 2 is 1.95 bits per heavy atom. The van der Waals surface area contributed by atoms with E-state index in [9.17, 15) is 18.8 Å². The summed E-state index contributed by atoms with van der Waals surface area (Å²) in [5.41, 5.74) is 1.61. The number of aromatic nitrogens is 2. The molecule has 3 heterocycles. The maximum absolute atomic E-state index is 14.4. The van der Waals surface area contributed by atoms with Crippen LogP contribution < -0.4 is 10.6 Å². The van der Waals surface area contributed by atoms with Gasteiger partial charge in [0, 0.05) is 61.3 Å². The Kier molecular flexibility index (Phi) is 7.43. The van der Waals surface area contributed by atoms with E-state index in [0.717, 1.165) is 30.1 Å². The monoisotopic (exact) mass is 560 g/mol. The molecule has 2 aromatic heterocycles. The summed E-state index contributed by atoms with van der Waals surface area (Å²) in [5, 5.41) is 6.64. The molecule has 1 aliphatic carbocycles. The minimum atomic E-state index is -0.593. The Hall–Kier alpha value is -3.02. The zero-order valence-electron chi connectivity index (χ0n) is 21.4. The van der Waals surface area contributed by atoms with Gasteiger partial charge < -0.3 is 25.4 Å². The van der Waals surface area contributed by atoms with Gasteiger partial charge in [-0.15, -0.1) is 11.3 Å². The second-order valence-electron chi connectivity index (χ2n) is 10.3. The molecule has 1 unspecified atom stereocenters. The third kappa shape index (κ3) is 5.27.